The van der Waals surface area contributed by atoms with Gasteiger partial charge in [0.05, 0.1) is 29.0 Å². The van der Waals surface area contributed by atoms with E-state index in [-0.39, 0.29) is 35.2 Å². The number of amides is 1. The highest BCUT2D eigenvalue weighted by atomic mass is 32.2. The number of halogens is 1. The number of unbranched alkanes of at least 4 members (excludes halogenated alkanes) is 2. The number of hydrogen-bond acceptors (Lipinski definition) is 7. The summed E-state index contributed by atoms with van der Waals surface area (Å²) < 4.78 is 39.1. The Bertz CT molecular complexity index is 1280. The molecule has 0 fully saturated rings. The molecule has 8 nitrogen and oxygen atoms in total. The number of carbonyl (C=O) groups is 1. The predicted molar refractivity (Wildman–Crippen MR) is 141 cm³/mol. The summed E-state index contributed by atoms with van der Waals surface area (Å²) in [5, 5.41) is 8.70. The lowest BCUT2D eigenvalue weighted by Gasteiger charge is -2.14. The summed E-state index contributed by atoms with van der Waals surface area (Å²) in [5.74, 6) is -0.740. The van der Waals surface area contributed by atoms with Crippen LogP contribution in [0.4, 0.5) is 27.5 Å². The van der Waals surface area contributed by atoms with Crippen molar-refractivity contribution in [2.24, 2.45) is 0 Å². The lowest BCUT2D eigenvalue weighted by molar-refractivity contribution is 0.0944. The number of rotatable bonds is 12. The van der Waals surface area contributed by atoms with Gasteiger partial charge in [0.15, 0.2) is 21.5 Å². The number of nitrogens with zero attached hydrogens (tertiary/aromatic N) is 2. The van der Waals surface area contributed by atoms with Crippen molar-refractivity contribution in [1.82, 2.24) is 15.3 Å². The Morgan fingerprint density at radius 1 is 1.03 bits per heavy atom. The molecule has 3 rings (SSSR count). The zero-order chi connectivity index (χ0) is 26.1. The number of hydrogen-bond donors (Lipinski definition) is 3. The molecule has 0 saturated heterocycles. The van der Waals surface area contributed by atoms with E-state index in [0.717, 1.165) is 19.0 Å². The van der Waals surface area contributed by atoms with Gasteiger partial charge < -0.3 is 16.0 Å². The maximum absolute atomic E-state index is 14.5. The van der Waals surface area contributed by atoms with Crippen molar-refractivity contribution in [1.29, 1.82) is 0 Å². The Balaban J connectivity index is 1.71. The smallest absolute Gasteiger partial charge is 0.253 e. The molecular formula is C26H32FN5O3S. The quantitative estimate of drug-likeness (QED) is 0.280. The summed E-state index contributed by atoms with van der Waals surface area (Å²) in [4.78, 5) is 20.7. The summed E-state index contributed by atoms with van der Waals surface area (Å²) in [6.45, 7) is 5.75. The Morgan fingerprint density at radius 3 is 2.44 bits per heavy atom. The normalized spacial score (nSPS) is 11.4. The summed E-state index contributed by atoms with van der Waals surface area (Å²) in [6, 6.07) is 13.6. The maximum Gasteiger partial charge on any atom is 0.253 e. The van der Waals surface area contributed by atoms with Crippen molar-refractivity contribution in [3.05, 3.63) is 71.7 Å². The van der Waals surface area contributed by atoms with Crippen molar-refractivity contribution in [2.45, 2.75) is 51.8 Å². The second-order valence-corrected chi connectivity index (χ2v) is 11.0. The third-order valence-corrected chi connectivity index (χ3v) is 6.93. The predicted octanol–water partition coefficient (Wildman–Crippen LogP) is 5.35. The minimum atomic E-state index is -3.16. The van der Waals surface area contributed by atoms with Crippen molar-refractivity contribution in [2.75, 3.05) is 16.4 Å². The Morgan fingerprint density at radius 2 is 1.75 bits per heavy atom. The molecular weight excluding hydrogens is 481 g/mol. The van der Waals surface area contributed by atoms with Crippen LogP contribution in [0.1, 0.15) is 56.0 Å². The van der Waals surface area contributed by atoms with E-state index in [4.69, 9.17) is 0 Å². The van der Waals surface area contributed by atoms with Crippen molar-refractivity contribution < 1.29 is 17.6 Å². The molecule has 3 aromatic rings. The highest BCUT2D eigenvalue weighted by Gasteiger charge is 2.15. The van der Waals surface area contributed by atoms with Gasteiger partial charge in [0, 0.05) is 11.7 Å². The number of aromatic nitrogens is 2. The van der Waals surface area contributed by atoms with E-state index in [1.807, 2.05) is 20.8 Å². The highest BCUT2D eigenvalue weighted by molar-refractivity contribution is 7.90. The van der Waals surface area contributed by atoms with Crippen LogP contribution in [-0.2, 0) is 15.6 Å². The van der Waals surface area contributed by atoms with E-state index in [0.29, 0.717) is 28.9 Å². The molecule has 0 aliphatic rings. The van der Waals surface area contributed by atoms with Gasteiger partial charge >= 0.3 is 0 Å². The Labute approximate surface area is 211 Å². The van der Waals surface area contributed by atoms with Crippen LogP contribution in [0.2, 0.25) is 0 Å². The molecule has 0 radical (unpaired) electrons. The molecule has 10 heteroatoms. The molecule has 0 spiro atoms. The van der Waals surface area contributed by atoms with Gasteiger partial charge in [-0.25, -0.2) is 17.8 Å². The van der Waals surface area contributed by atoms with Crippen LogP contribution in [0.15, 0.2) is 54.7 Å². The Hall–Kier alpha value is -3.53. The molecule has 0 saturated carbocycles. The van der Waals surface area contributed by atoms with Crippen LogP contribution >= 0.6 is 0 Å². The fourth-order valence-corrected chi connectivity index (χ4v) is 4.97. The average Bonchev–Trinajstić information content (AvgIpc) is 2.82. The summed E-state index contributed by atoms with van der Waals surface area (Å²) >= 11 is 0. The molecule has 1 amide bonds. The van der Waals surface area contributed by atoms with Gasteiger partial charge in [-0.3, -0.25) is 4.79 Å². The van der Waals surface area contributed by atoms with E-state index >= 15 is 0 Å². The first-order valence-corrected chi connectivity index (χ1v) is 13.7. The van der Waals surface area contributed by atoms with Crippen molar-refractivity contribution in [3.8, 4) is 0 Å². The summed E-state index contributed by atoms with van der Waals surface area (Å²) in [7, 11) is -3.16. The number of benzene rings is 2. The van der Waals surface area contributed by atoms with Gasteiger partial charge in [-0.2, -0.15) is 4.98 Å². The largest absolute Gasteiger partial charge is 0.350 e. The number of carbonyl (C=O) groups excluding carboxylic acids is 1. The van der Waals surface area contributed by atoms with E-state index in [1.165, 1.54) is 0 Å². The zero-order valence-electron chi connectivity index (χ0n) is 20.7. The van der Waals surface area contributed by atoms with E-state index < -0.39 is 15.7 Å². The molecule has 0 unspecified atom stereocenters. The Kier molecular flexibility index (Phi) is 9.35. The second kappa shape index (κ2) is 12.4. The van der Waals surface area contributed by atoms with Crippen LogP contribution < -0.4 is 16.0 Å². The molecule has 0 bridgehead atoms. The van der Waals surface area contributed by atoms with Crippen molar-refractivity contribution in [3.63, 3.8) is 0 Å². The average molecular weight is 514 g/mol. The molecule has 2 aromatic carbocycles. The molecule has 1 aromatic heterocycles. The van der Waals surface area contributed by atoms with Crippen molar-refractivity contribution >= 4 is 38.9 Å². The van der Waals surface area contributed by atoms with Gasteiger partial charge in [0.25, 0.3) is 5.91 Å². The maximum atomic E-state index is 14.5. The topological polar surface area (TPSA) is 113 Å². The number of nitrogens with one attached hydrogen (secondary N) is 3. The third kappa shape index (κ3) is 8.01. The fourth-order valence-electron chi connectivity index (χ4n) is 3.48. The molecule has 1 heterocycles. The van der Waals surface area contributed by atoms with Gasteiger partial charge in [0.2, 0.25) is 5.95 Å². The standard InChI is InChI=1S/C26H32FN5O3S/c1-4-5-8-15-36(34,35)17-19-11-13-20(14-12-19)30-26-28-16-22(27)24(32-26)31-23-10-7-6-9-21(23)25(33)29-18(2)3/h6-7,9-14,16,18H,4-5,8,15,17H2,1-3H3,(H,29,33)(H2,28,30,31,32). The monoisotopic (exact) mass is 513 g/mol. The van der Waals surface area contributed by atoms with Crippen LogP contribution in [0.25, 0.3) is 0 Å². The molecule has 0 aliphatic heterocycles. The molecule has 0 atom stereocenters. The minimum Gasteiger partial charge on any atom is -0.350 e. The van der Waals surface area contributed by atoms with Crippen LogP contribution in [-0.4, -0.2) is 36.1 Å². The zero-order valence-corrected chi connectivity index (χ0v) is 21.5. The van der Waals surface area contributed by atoms with Gasteiger partial charge in [-0.15, -0.1) is 0 Å². The van der Waals surface area contributed by atoms with Gasteiger partial charge in [-0.1, -0.05) is 44.0 Å². The molecule has 192 valence electrons. The van der Waals surface area contributed by atoms with E-state index in [9.17, 15) is 17.6 Å². The van der Waals surface area contributed by atoms with E-state index in [2.05, 4.69) is 25.9 Å². The minimum absolute atomic E-state index is 0.0120. The van der Waals surface area contributed by atoms with Crippen LogP contribution in [0.3, 0.4) is 0 Å². The van der Waals surface area contributed by atoms with Gasteiger partial charge in [-0.05, 0) is 50.1 Å². The molecule has 3 N–H and O–H groups in total. The van der Waals surface area contributed by atoms with Crippen LogP contribution in [0, 0.1) is 5.82 Å². The molecule has 36 heavy (non-hydrogen) atoms. The molecule has 0 aliphatic carbocycles. The first-order valence-electron chi connectivity index (χ1n) is 11.9. The first kappa shape index (κ1) is 27.1. The lowest BCUT2D eigenvalue weighted by Crippen LogP contribution is -2.30. The summed E-state index contributed by atoms with van der Waals surface area (Å²) in [5.41, 5.74) is 2.08. The number of sulfone groups is 1. The van der Waals surface area contributed by atoms with E-state index in [1.54, 1.807) is 48.5 Å². The fraction of sp³-hybridized carbons (Fsp3) is 0.346. The number of para-hydroxylation sites is 1. The highest BCUT2D eigenvalue weighted by Crippen LogP contribution is 2.24. The SMILES string of the molecule is CCCCCS(=O)(=O)Cc1ccc(Nc2ncc(F)c(Nc3ccccc3C(=O)NC(C)C)n2)cc1. The third-order valence-electron chi connectivity index (χ3n) is 5.24. The first-order chi connectivity index (χ1) is 17.2. The lowest BCUT2D eigenvalue weighted by atomic mass is 10.1. The van der Waals surface area contributed by atoms with Gasteiger partial charge in [0.1, 0.15) is 0 Å². The second-order valence-electron chi connectivity index (χ2n) is 8.81. The summed E-state index contributed by atoms with van der Waals surface area (Å²) in [6.07, 6.45) is 3.57. The number of anilines is 4. The van der Waals surface area contributed by atoms with Crippen LogP contribution in [0.5, 0.6) is 0 Å².